The van der Waals surface area contributed by atoms with E-state index in [0.29, 0.717) is 0 Å². The molecule has 0 saturated carbocycles. The lowest BCUT2D eigenvalue weighted by Crippen LogP contribution is -2.43. The van der Waals surface area contributed by atoms with E-state index in [0.717, 1.165) is 0 Å². The molecular weight excluding hydrogens is 255 g/mol. The van der Waals surface area contributed by atoms with Gasteiger partial charge in [0.15, 0.2) is 8.24 Å². The lowest BCUT2D eigenvalue weighted by atomic mass is 11.8. The molecule has 2 nitrogen and oxygen atoms in total. The van der Waals surface area contributed by atoms with Crippen molar-refractivity contribution in [2.24, 2.45) is 4.03 Å². The van der Waals surface area contributed by atoms with Crippen molar-refractivity contribution in [3.63, 3.8) is 0 Å². The van der Waals surface area contributed by atoms with Crippen LogP contribution >= 0.6 is 7.92 Å². The normalized spacial score (nSPS) is 16.1. The molecule has 0 amide bonds. The smallest absolute Gasteiger partial charge is 0.183 e. The number of rotatable bonds is 5. The third kappa shape index (κ3) is 11.2. The fourth-order valence-corrected chi connectivity index (χ4v) is 10.6. The van der Waals surface area contributed by atoms with E-state index in [-0.39, 0.29) is 18.8 Å². The van der Waals surface area contributed by atoms with E-state index < -0.39 is 16.5 Å². The zero-order valence-corrected chi connectivity index (χ0v) is 15.2. The molecule has 1 N–H and O–H groups in total. The van der Waals surface area contributed by atoms with Crippen LogP contribution in [0.3, 0.4) is 0 Å². The van der Waals surface area contributed by atoms with Gasteiger partial charge in [-0.15, -0.1) is 7.92 Å². The highest BCUT2D eigenvalue weighted by Gasteiger charge is 2.19. The molecule has 0 aromatic heterocycles. The number of nitrogens with zero attached hydrogens (tertiary/aromatic N) is 1. The maximum absolute atomic E-state index is 5.04. The molecule has 0 radical (unpaired) electrons. The van der Waals surface area contributed by atoms with Crippen LogP contribution in [0, 0.1) is 0 Å². The Morgan fingerprint density at radius 1 is 1.07 bits per heavy atom. The van der Waals surface area contributed by atoms with Gasteiger partial charge in [-0.1, -0.05) is 19.6 Å². The zero-order valence-electron chi connectivity index (χ0n) is 11.5. The third-order valence-corrected chi connectivity index (χ3v) is 10.7. The molecule has 0 fully saturated rings. The second-order valence-corrected chi connectivity index (χ2v) is 20.5. The van der Waals surface area contributed by atoms with Crippen molar-refractivity contribution >= 4 is 35.3 Å². The minimum atomic E-state index is -1.28. The lowest BCUT2D eigenvalue weighted by Gasteiger charge is -2.24. The van der Waals surface area contributed by atoms with Gasteiger partial charge in [0.05, 0.1) is 0 Å². The van der Waals surface area contributed by atoms with Gasteiger partial charge in [0.25, 0.3) is 0 Å². The molecule has 0 heterocycles. The van der Waals surface area contributed by atoms with Gasteiger partial charge in [-0.3, -0.25) is 8.42 Å². The fraction of sp³-hybridized carbons (Fsp3) is 1.00. The Balaban J connectivity index is 4.67. The largest absolute Gasteiger partial charge is 0.290 e. The summed E-state index contributed by atoms with van der Waals surface area (Å²) in [6, 6.07) is 0. The van der Waals surface area contributed by atoms with Crippen molar-refractivity contribution in [1.82, 2.24) is 4.39 Å². The standard InChI is InChI=1S/C9H27N2PSSi2/c1-12(2)9-13(10-14(3,4)5)11-15(6,7)8/h9H2,1-8H3,(H,10,11). The van der Waals surface area contributed by atoms with Crippen LogP contribution < -0.4 is 4.39 Å². The summed E-state index contributed by atoms with van der Waals surface area (Å²) < 4.78 is 8.84. The van der Waals surface area contributed by atoms with E-state index in [9.17, 15) is 0 Å². The van der Waals surface area contributed by atoms with Gasteiger partial charge < -0.3 is 0 Å². The molecule has 1 atom stereocenters. The predicted octanol–water partition coefficient (Wildman–Crippen LogP) is 3.66. The maximum Gasteiger partial charge on any atom is 0.183 e. The van der Waals surface area contributed by atoms with Crippen molar-refractivity contribution < 1.29 is 0 Å². The van der Waals surface area contributed by atoms with Gasteiger partial charge >= 0.3 is 0 Å². The molecule has 15 heavy (non-hydrogen) atoms. The molecular formula is C9H27N2PSSi2. The maximum atomic E-state index is 5.04. The Morgan fingerprint density at radius 2 is 1.53 bits per heavy atom. The highest BCUT2D eigenvalue weighted by Crippen LogP contribution is 2.26. The molecule has 0 rings (SSSR count). The topological polar surface area (TPSA) is 24.4 Å². The molecule has 1 unspecified atom stereocenters. The number of nitrogens with one attached hydrogen (secondary N) is 1. The van der Waals surface area contributed by atoms with Crippen molar-refractivity contribution in [3.05, 3.63) is 0 Å². The van der Waals surface area contributed by atoms with Gasteiger partial charge in [0.2, 0.25) is 0 Å². The minimum Gasteiger partial charge on any atom is -0.290 e. The Labute approximate surface area is 102 Å². The first kappa shape index (κ1) is 16.0. The van der Waals surface area contributed by atoms with Crippen LogP contribution in [0.5, 0.6) is 0 Å². The Morgan fingerprint density at radius 3 is 1.80 bits per heavy atom. The van der Waals surface area contributed by atoms with Gasteiger partial charge in [-0.05, 0) is 43.8 Å². The molecule has 0 aromatic rings. The van der Waals surface area contributed by atoms with E-state index in [4.69, 9.17) is 4.03 Å². The second kappa shape index (κ2) is 6.06. The molecule has 0 aromatic carbocycles. The van der Waals surface area contributed by atoms with Gasteiger partial charge in [0.1, 0.15) is 8.24 Å². The summed E-state index contributed by atoms with van der Waals surface area (Å²) in [5.41, 5.74) is 1.27. The average molecular weight is 283 g/mol. The van der Waals surface area contributed by atoms with Crippen LogP contribution in [0.4, 0.5) is 0 Å². The van der Waals surface area contributed by atoms with Crippen LogP contribution in [-0.4, -0.2) is 35.3 Å². The van der Waals surface area contributed by atoms with Gasteiger partial charge in [-0.25, -0.2) is 0 Å². The Kier molecular flexibility index (Phi) is 6.45. The van der Waals surface area contributed by atoms with Crippen LogP contribution in [0.2, 0.25) is 39.3 Å². The minimum absolute atomic E-state index is 0.134. The summed E-state index contributed by atoms with van der Waals surface area (Å²) in [6.07, 6.45) is 0. The van der Waals surface area contributed by atoms with Crippen LogP contribution in [0.15, 0.2) is 4.03 Å². The van der Waals surface area contributed by atoms with Crippen LogP contribution in [-0.2, 0) is 10.9 Å². The van der Waals surface area contributed by atoms with Crippen molar-refractivity contribution in [1.29, 1.82) is 0 Å². The summed E-state index contributed by atoms with van der Waals surface area (Å²) in [5.74, 6) is 0. The van der Waals surface area contributed by atoms with Crippen molar-refractivity contribution in [3.8, 4) is 0 Å². The predicted molar refractivity (Wildman–Crippen MR) is 83.3 cm³/mol. The van der Waals surface area contributed by atoms with Gasteiger partial charge in [-0.2, -0.15) is 0 Å². The van der Waals surface area contributed by atoms with E-state index in [2.05, 4.69) is 57.0 Å². The van der Waals surface area contributed by atoms with Crippen LogP contribution in [0.25, 0.3) is 0 Å². The molecule has 92 valence electrons. The summed E-state index contributed by atoms with van der Waals surface area (Å²) in [4.78, 5) is 0. The highest BCUT2D eigenvalue weighted by atomic mass is 32.2. The summed E-state index contributed by atoms with van der Waals surface area (Å²) in [5, 5.41) is 0. The van der Waals surface area contributed by atoms with Crippen molar-refractivity contribution in [2.75, 3.05) is 18.8 Å². The second-order valence-electron chi connectivity index (χ2n) is 6.19. The molecule has 0 aliphatic rings. The average Bonchev–Trinajstić information content (AvgIpc) is 1.73. The monoisotopic (exact) mass is 282 g/mol. The van der Waals surface area contributed by atoms with Gasteiger partial charge in [0, 0.05) is 5.49 Å². The van der Waals surface area contributed by atoms with Crippen molar-refractivity contribution in [2.45, 2.75) is 39.3 Å². The molecule has 0 aliphatic carbocycles. The molecule has 6 heteroatoms. The van der Waals surface area contributed by atoms with E-state index >= 15 is 0 Å². The first-order valence-corrected chi connectivity index (χ1v) is 16.1. The Hall–Kier alpha value is 0.974. The summed E-state index contributed by atoms with van der Waals surface area (Å²) in [7, 11) is -2.18. The first-order valence-electron chi connectivity index (χ1n) is 5.36. The first-order chi connectivity index (χ1) is 6.49. The number of hydrogen-bond donors (Lipinski definition) is 1. The summed E-state index contributed by atoms with van der Waals surface area (Å²) in [6.45, 7) is 18.8. The molecule has 0 spiro atoms. The van der Waals surface area contributed by atoms with E-state index in [1.165, 1.54) is 5.49 Å². The fourth-order valence-electron chi connectivity index (χ4n) is 1.01. The molecule has 0 aliphatic heterocycles. The third-order valence-electron chi connectivity index (χ3n) is 1.19. The lowest BCUT2D eigenvalue weighted by molar-refractivity contribution is 1.42. The molecule has 0 bridgehead atoms. The van der Waals surface area contributed by atoms with E-state index in [1.807, 2.05) is 0 Å². The highest BCUT2D eigenvalue weighted by molar-refractivity contribution is 7.94. The molecule has 0 saturated heterocycles. The SMILES string of the molecule is CP(C)CS(=N[Si](C)(C)C)N[Si](C)(C)C. The quantitative estimate of drug-likeness (QED) is 0.604. The van der Waals surface area contributed by atoms with E-state index in [1.54, 1.807) is 0 Å². The zero-order chi connectivity index (χ0) is 12.3. The summed E-state index contributed by atoms with van der Waals surface area (Å²) >= 11 is 0. The number of hydrogen-bond acceptors (Lipinski definition) is 1. The Bertz CT molecular complexity index is 231. The van der Waals surface area contributed by atoms with Crippen LogP contribution in [0.1, 0.15) is 0 Å².